The number of hydrogen-bond acceptors (Lipinski definition) is 5. The Labute approximate surface area is 92.2 Å². The minimum absolute atomic E-state index is 0.0510. The monoisotopic (exact) mass is 227 g/mol. The summed E-state index contributed by atoms with van der Waals surface area (Å²) in [5, 5.41) is 10.3. The van der Waals surface area contributed by atoms with Crippen LogP contribution in [0.15, 0.2) is 12.5 Å². The number of esters is 1. The van der Waals surface area contributed by atoms with Crippen LogP contribution in [0.3, 0.4) is 0 Å². The number of rotatable bonds is 6. The van der Waals surface area contributed by atoms with E-state index in [-0.39, 0.29) is 12.4 Å². The number of carbonyl (C=O) groups excluding carboxylic acids is 1. The van der Waals surface area contributed by atoms with Crippen molar-refractivity contribution in [2.75, 3.05) is 6.61 Å². The van der Waals surface area contributed by atoms with E-state index in [0.29, 0.717) is 6.61 Å². The Hall–Kier alpha value is -1.92. The van der Waals surface area contributed by atoms with Crippen molar-refractivity contribution in [1.82, 2.24) is 9.55 Å². The van der Waals surface area contributed by atoms with Crippen molar-refractivity contribution in [1.29, 1.82) is 0 Å². The molecule has 0 N–H and O–H groups in total. The zero-order valence-electron chi connectivity index (χ0n) is 8.96. The number of nitro groups is 1. The van der Waals surface area contributed by atoms with Crippen LogP contribution < -0.4 is 0 Å². The van der Waals surface area contributed by atoms with Crippen molar-refractivity contribution >= 4 is 11.8 Å². The molecule has 0 aliphatic heterocycles. The summed E-state index contributed by atoms with van der Waals surface area (Å²) in [4.78, 5) is 24.5. The number of aromatic nitrogens is 2. The second-order valence-corrected chi connectivity index (χ2v) is 3.24. The molecule has 0 aliphatic rings. The van der Waals surface area contributed by atoms with Crippen LogP contribution in [0.25, 0.3) is 0 Å². The highest BCUT2D eigenvalue weighted by Crippen LogP contribution is 2.05. The molecule has 0 spiro atoms. The summed E-state index contributed by atoms with van der Waals surface area (Å²) >= 11 is 0. The van der Waals surface area contributed by atoms with Gasteiger partial charge in [-0.1, -0.05) is 13.3 Å². The molecule has 0 unspecified atom stereocenters. The number of carbonyl (C=O) groups is 1. The van der Waals surface area contributed by atoms with E-state index in [2.05, 4.69) is 4.98 Å². The zero-order chi connectivity index (χ0) is 12.0. The van der Waals surface area contributed by atoms with Crippen LogP contribution in [-0.4, -0.2) is 27.1 Å². The molecule has 0 atom stereocenters. The molecule has 0 radical (unpaired) electrons. The van der Waals surface area contributed by atoms with Crippen LogP contribution in [0.2, 0.25) is 0 Å². The summed E-state index contributed by atoms with van der Waals surface area (Å²) in [5.74, 6) is -0.692. The summed E-state index contributed by atoms with van der Waals surface area (Å²) in [7, 11) is 0. The number of unbranched alkanes of at least 4 members (excludes halogenated alkanes) is 1. The van der Waals surface area contributed by atoms with Crippen LogP contribution in [0, 0.1) is 10.1 Å². The first kappa shape index (κ1) is 12.2. The Morgan fingerprint density at radius 2 is 2.44 bits per heavy atom. The topological polar surface area (TPSA) is 87.3 Å². The smallest absolute Gasteiger partial charge is 0.381 e. The third kappa shape index (κ3) is 3.68. The zero-order valence-corrected chi connectivity index (χ0v) is 8.96. The van der Waals surface area contributed by atoms with Crippen LogP contribution in [0.5, 0.6) is 0 Å². The summed E-state index contributed by atoms with van der Waals surface area (Å²) in [6, 6.07) is 0. The van der Waals surface area contributed by atoms with Crippen LogP contribution in [0.1, 0.15) is 19.8 Å². The average Bonchev–Trinajstić information content (AvgIpc) is 2.66. The van der Waals surface area contributed by atoms with Gasteiger partial charge in [0.1, 0.15) is 12.7 Å². The molecule has 0 saturated heterocycles. The Morgan fingerprint density at radius 1 is 1.69 bits per heavy atom. The molecular formula is C9H13N3O4. The maximum absolute atomic E-state index is 11.2. The number of nitrogens with zero attached hydrogens (tertiary/aromatic N) is 3. The van der Waals surface area contributed by atoms with E-state index < -0.39 is 10.9 Å². The second-order valence-electron chi connectivity index (χ2n) is 3.24. The molecule has 1 aromatic rings. The third-order valence-electron chi connectivity index (χ3n) is 1.88. The largest absolute Gasteiger partial charge is 0.464 e. The van der Waals surface area contributed by atoms with Crippen LogP contribution >= 0.6 is 0 Å². The highest BCUT2D eigenvalue weighted by Gasteiger charge is 2.12. The molecular weight excluding hydrogens is 214 g/mol. The lowest BCUT2D eigenvalue weighted by molar-refractivity contribution is -0.389. The predicted molar refractivity (Wildman–Crippen MR) is 54.7 cm³/mol. The maximum atomic E-state index is 11.2. The molecule has 1 aromatic heterocycles. The molecule has 0 aromatic carbocycles. The van der Waals surface area contributed by atoms with Crippen molar-refractivity contribution in [3.05, 3.63) is 22.6 Å². The Balaban J connectivity index is 2.40. The minimum atomic E-state index is -0.612. The number of hydrogen-bond donors (Lipinski definition) is 0. The quantitative estimate of drug-likeness (QED) is 0.314. The maximum Gasteiger partial charge on any atom is 0.381 e. The fraction of sp³-hybridized carbons (Fsp3) is 0.556. The molecule has 1 rings (SSSR count). The molecule has 1 heterocycles. The summed E-state index contributed by atoms with van der Waals surface area (Å²) < 4.78 is 6.22. The lowest BCUT2D eigenvalue weighted by atomic mass is 10.4. The van der Waals surface area contributed by atoms with Crippen molar-refractivity contribution in [2.45, 2.75) is 26.3 Å². The van der Waals surface area contributed by atoms with Crippen molar-refractivity contribution < 1.29 is 14.5 Å². The van der Waals surface area contributed by atoms with E-state index in [1.807, 2.05) is 6.92 Å². The standard InChI is InChI=1S/C9H13N3O4/c1-2-3-4-16-9(13)6-11-5-8(10-7-11)12(14)15/h5,7H,2-4,6H2,1H3. The van der Waals surface area contributed by atoms with Gasteiger partial charge >= 0.3 is 11.8 Å². The summed E-state index contributed by atoms with van der Waals surface area (Å²) in [6.45, 7) is 2.32. The molecule has 88 valence electrons. The third-order valence-corrected chi connectivity index (χ3v) is 1.88. The molecule has 7 nitrogen and oxygen atoms in total. The van der Waals surface area contributed by atoms with E-state index in [9.17, 15) is 14.9 Å². The van der Waals surface area contributed by atoms with E-state index >= 15 is 0 Å². The fourth-order valence-electron chi connectivity index (χ4n) is 1.05. The molecule has 0 bridgehead atoms. The highest BCUT2D eigenvalue weighted by atomic mass is 16.6. The van der Waals surface area contributed by atoms with Crippen molar-refractivity contribution in [3.63, 3.8) is 0 Å². The first-order valence-corrected chi connectivity index (χ1v) is 4.95. The Bertz CT molecular complexity index is 375. The van der Waals surface area contributed by atoms with Crippen LogP contribution in [-0.2, 0) is 16.1 Å². The van der Waals surface area contributed by atoms with Crippen molar-refractivity contribution in [2.24, 2.45) is 0 Å². The van der Waals surface area contributed by atoms with Crippen molar-refractivity contribution in [3.8, 4) is 0 Å². The van der Waals surface area contributed by atoms with E-state index in [1.165, 1.54) is 17.1 Å². The van der Waals surface area contributed by atoms with Gasteiger partial charge in [0, 0.05) is 0 Å². The van der Waals surface area contributed by atoms with Gasteiger partial charge in [0.15, 0.2) is 0 Å². The van der Waals surface area contributed by atoms with Gasteiger partial charge in [-0.2, -0.15) is 0 Å². The molecule has 0 aliphatic carbocycles. The molecule has 7 heteroatoms. The van der Waals surface area contributed by atoms with Gasteiger partial charge in [-0.15, -0.1) is 0 Å². The van der Waals surface area contributed by atoms with Gasteiger partial charge in [-0.05, 0) is 16.3 Å². The van der Waals surface area contributed by atoms with Gasteiger partial charge in [-0.3, -0.25) is 9.36 Å². The Kier molecular flexibility index (Phi) is 4.43. The van der Waals surface area contributed by atoms with Crippen LogP contribution in [0.4, 0.5) is 5.82 Å². The lowest BCUT2D eigenvalue weighted by Gasteiger charge is -2.02. The van der Waals surface area contributed by atoms with Gasteiger partial charge in [-0.25, -0.2) is 0 Å². The van der Waals surface area contributed by atoms with Gasteiger partial charge in [0.05, 0.1) is 6.61 Å². The van der Waals surface area contributed by atoms with E-state index in [0.717, 1.165) is 12.8 Å². The normalized spacial score (nSPS) is 10.1. The predicted octanol–water partition coefficient (Wildman–Crippen LogP) is 1.13. The molecule has 0 amide bonds. The van der Waals surface area contributed by atoms with E-state index in [1.54, 1.807) is 0 Å². The number of ether oxygens (including phenoxy) is 1. The summed E-state index contributed by atoms with van der Waals surface area (Å²) in [5.41, 5.74) is 0. The first-order chi connectivity index (χ1) is 7.63. The molecule has 0 saturated carbocycles. The second kappa shape index (κ2) is 5.84. The Morgan fingerprint density at radius 3 is 3.00 bits per heavy atom. The lowest BCUT2D eigenvalue weighted by Crippen LogP contribution is -2.13. The fourth-order valence-corrected chi connectivity index (χ4v) is 1.05. The number of imidazole rings is 1. The summed E-state index contributed by atoms with van der Waals surface area (Å²) in [6.07, 6.45) is 4.19. The van der Waals surface area contributed by atoms with Gasteiger partial charge < -0.3 is 14.9 Å². The first-order valence-electron chi connectivity index (χ1n) is 4.95. The molecule has 0 fully saturated rings. The van der Waals surface area contributed by atoms with Gasteiger partial charge in [0.2, 0.25) is 6.33 Å². The minimum Gasteiger partial charge on any atom is -0.464 e. The van der Waals surface area contributed by atoms with Gasteiger partial charge in [0.25, 0.3) is 0 Å². The van der Waals surface area contributed by atoms with E-state index in [4.69, 9.17) is 4.74 Å². The molecule has 16 heavy (non-hydrogen) atoms. The highest BCUT2D eigenvalue weighted by molar-refractivity contribution is 5.69. The average molecular weight is 227 g/mol. The SMILES string of the molecule is CCCCOC(=O)Cn1cnc([N+](=O)[O-])c1.